The van der Waals surface area contributed by atoms with Gasteiger partial charge in [-0.15, -0.1) is 12.4 Å². The van der Waals surface area contributed by atoms with Gasteiger partial charge in [-0.05, 0) is 33.2 Å². The average Bonchev–Trinajstić information content (AvgIpc) is 2.66. The normalized spacial score (nSPS) is 19.2. The second-order valence-electron chi connectivity index (χ2n) is 4.90. The first-order chi connectivity index (χ1) is 7.70. The standard InChI is InChI=1S/C12H21N3O.ClH/c1-4-12(6-5-7-12)11-14-10(15-16-11)8-9(2)13-3;/h9,13H,4-8H2,1-3H3;1H. The predicted molar refractivity (Wildman–Crippen MR) is 69.6 cm³/mol. The molecule has 0 aliphatic heterocycles. The van der Waals surface area contributed by atoms with Gasteiger partial charge in [0, 0.05) is 17.9 Å². The minimum atomic E-state index is 0. The van der Waals surface area contributed by atoms with Gasteiger partial charge in [-0.2, -0.15) is 4.98 Å². The molecule has 1 saturated carbocycles. The Morgan fingerprint density at radius 2 is 2.18 bits per heavy atom. The average molecular weight is 260 g/mol. The lowest BCUT2D eigenvalue weighted by molar-refractivity contribution is 0.168. The second kappa shape index (κ2) is 5.83. The molecule has 1 aliphatic rings. The molecular weight excluding hydrogens is 238 g/mol. The Labute approximate surface area is 109 Å². The molecule has 1 aliphatic carbocycles. The van der Waals surface area contributed by atoms with Crippen molar-refractivity contribution in [2.24, 2.45) is 0 Å². The Hall–Kier alpha value is -0.610. The topological polar surface area (TPSA) is 51.0 Å². The Balaban J connectivity index is 0.00000144. The van der Waals surface area contributed by atoms with Crippen LogP contribution in [0.5, 0.6) is 0 Å². The van der Waals surface area contributed by atoms with Crippen LogP contribution in [0.25, 0.3) is 0 Å². The third kappa shape index (κ3) is 2.80. The van der Waals surface area contributed by atoms with E-state index in [-0.39, 0.29) is 17.8 Å². The first-order valence-corrected chi connectivity index (χ1v) is 6.20. The lowest BCUT2D eigenvalue weighted by Gasteiger charge is -2.37. The Morgan fingerprint density at radius 1 is 1.47 bits per heavy atom. The van der Waals surface area contributed by atoms with E-state index in [1.807, 2.05) is 7.05 Å². The summed E-state index contributed by atoms with van der Waals surface area (Å²) >= 11 is 0. The van der Waals surface area contributed by atoms with E-state index in [0.717, 1.165) is 24.6 Å². The fraction of sp³-hybridized carbons (Fsp3) is 0.833. The van der Waals surface area contributed by atoms with E-state index in [4.69, 9.17) is 4.52 Å². The van der Waals surface area contributed by atoms with E-state index >= 15 is 0 Å². The van der Waals surface area contributed by atoms with Crippen LogP contribution in [0.2, 0.25) is 0 Å². The van der Waals surface area contributed by atoms with Gasteiger partial charge in [0.15, 0.2) is 5.82 Å². The lowest BCUT2D eigenvalue weighted by Crippen LogP contribution is -2.33. The molecule has 0 aromatic carbocycles. The van der Waals surface area contributed by atoms with Crippen molar-refractivity contribution in [3.8, 4) is 0 Å². The molecule has 1 atom stereocenters. The Kier molecular flexibility index (Phi) is 4.95. The molecule has 1 fully saturated rings. The monoisotopic (exact) mass is 259 g/mol. The maximum absolute atomic E-state index is 5.42. The van der Waals surface area contributed by atoms with Crippen LogP contribution in [0, 0.1) is 0 Å². The van der Waals surface area contributed by atoms with Gasteiger partial charge in [-0.25, -0.2) is 0 Å². The zero-order valence-electron chi connectivity index (χ0n) is 10.8. The molecule has 0 radical (unpaired) electrons. The molecule has 0 spiro atoms. The van der Waals surface area contributed by atoms with Crippen molar-refractivity contribution in [1.29, 1.82) is 0 Å². The zero-order chi connectivity index (χ0) is 11.6. The summed E-state index contributed by atoms with van der Waals surface area (Å²) in [7, 11) is 1.95. The summed E-state index contributed by atoms with van der Waals surface area (Å²) in [5.41, 5.74) is 0.203. The second-order valence-corrected chi connectivity index (χ2v) is 4.90. The maximum atomic E-state index is 5.42. The largest absolute Gasteiger partial charge is 0.339 e. The van der Waals surface area contributed by atoms with Crippen LogP contribution in [0.1, 0.15) is 51.2 Å². The zero-order valence-corrected chi connectivity index (χ0v) is 11.6. The number of hydrogen-bond donors (Lipinski definition) is 1. The molecule has 0 bridgehead atoms. The fourth-order valence-corrected chi connectivity index (χ4v) is 2.25. The quantitative estimate of drug-likeness (QED) is 0.883. The van der Waals surface area contributed by atoms with Crippen LogP contribution in [-0.4, -0.2) is 23.2 Å². The summed E-state index contributed by atoms with van der Waals surface area (Å²) in [6, 6.07) is 0.393. The third-order valence-corrected chi connectivity index (χ3v) is 3.89. The van der Waals surface area contributed by atoms with Gasteiger partial charge in [-0.1, -0.05) is 18.5 Å². The molecule has 1 unspecified atom stereocenters. The van der Waals surface area contributed by atoms with Crippen LogP contribution in [0.4, 0.5) is 0 Å². The molecule has 1 aromatic rings. The number of halogens is 1. The van der Waals surface area contributed by atoms with Crippen LogP contribution in [0.15, 0.2) is 4.52 Å². The van der Waals surface area contributed by atoms with E-state index in [1.165, 1.54) is 19.3 Å². The smallest absolute Gasteiger partial charge is 0.232 e. The van der Waals surface area contributed by atoms with Crippen molar-refractivity contribution >= 4 is 12.4 Å². The van der Waals surface area contributed by atoms with Gasteiger partial charge in [0.25, 0.3) is 0 Å². The number of nitrogens with one attached hydrogen (secondary N) is 1. The van der Waals surface area contributed by atoms with Crippen molar-refractivity contribution in [1.82, 2.24) is 15.5 Å². The van der Waals surface area contributed by atoms with E-state index in [0.29, 0.717) is 6.04 Å². The van der Waals surface area contributed by atoms with Gasteiger partial charge >= 0.3 is 0 Å². The van der Waals surface area contributed by atoms with E-state index in [2.05, 4.69) is 29.3 Å². The summed E-state index contributed by atoms with van der Waals surface area (Å²) in [6.07, 6.45) is 5.63. The number of nitrogens with zero attached hydrogens (tertiary/aromatic N) is 2. The van der Waals surface area contributed by atoms with Crippen molar-refractivity contribution in [2.45, 2.75) is 57.4 Å². The minimum Gasteiger partial charge on any atom is -0.339 e. The SMILES string of the molecule is CCC1(c2nc(CC(C)NC)no2)CCC1.Cl. The van der Waals surface area contributed by atoms with Crippen LogP contribution >= 0.6 is 12.4 Å². The molecule has 1 aromatic heterocycles. The number of likely N-dealkylation sites (N-methyl/N-ethyl adjacent to an activating group) is 1. The molecule has 4 nitrogen and oxygen atoms in total. The van der Waals surface area contributed by atoms with Crippen LogP contribution in [-0.2, 0) is 11.8 Å². The fourth-order valence-electron chi connectivity index (χ4n) is 2.25. The van der Waals surface area contributed by atoms with Crippen molar-refractivity contribution < 1.29 is 4.52 Å². The highest BCUT2D eigenvalue weighted by molar-refractivity contribution is 5.85. The number of rotatable bonds is 5. The molecule has 2 rings (SSSR count). The van der Waals surface area contributed by atoms with Gasteiger partial charge in [-0.3, -0.25) is 0 Å². The van der Waals surface area contributed by atoms with E-state index in [1.54, 1.807) is 0 Å². The van der Waals surface area contributed by atoms with E-state index < -0.39 is 0 Å². The molecule has 1 heterocycles. The molecule has 1 N–H and O–H groups in total. The van der Waals surface area contributed by atoms with Crippen molar-refractivity contribution in [3.63, 3.8) is 0 Å². The van der Waals surface area contributed by atoms with Gasteiger partial charge < -0.3 is 9.84 Å². The van der Waals surface area contributed by atoms with Crippen molar-refractivity contribution in [2.75, 3.05) is 7.05 Å². The first kappa shape index (κ1) is 14.5. The highest BCUT2D eigenvalue weighted by atomic mass is 35.5. The first-order valence-electron chi connectivity index (χ1n) is 6.20. The minimum absolute atomic E-state index is 0. The summed E-state index contributed by atoms with van der Waals surface area (Å²) < 4.78 is 5.42. The summed E-state index contributed by atoms with van der Waals surface area (Å²) in [6.45, 7) is 4.33. The third-order valence-electron chi connectivity index (χ3n) is 3.89. The number of hydrogen-bond acceptors (Lipinski definition) is 4. The van der Waals surface area contributed by atoms with Crippen LogP contribution in [0.3, 0.4) is 0 Å². The highest BCUT2D eigenvalue weighted by Crippen LogP contribution is 2.45. The molecule has 5 heteroatoms. The van der Waals surface area contributed by atoms with Crippen LogP contribution < -0.4 is 5.32 Å². The summed E-state index contributed by atoms with van der Waals surface area (Å²) in [4.78, 5) is 4.55. The Bertz CT molecular complexity index is 344. The molecule has 17 heavy (non-hydrogen) atoms. The Morgan fingerprint density at radius 3 is 2.65 bits per heavy atom. The summed E-state index contributed by atoms with van der Waals surface area (Å²) in [5.74, 6) is 1.69. The summed E-state index contributed by atoms with van der Waals surface area (Å²) in [5, 5.41) is 7.26. The van der Waals surface area contributed by atoms with Crippen molar-refractivity contribution in [3.05, 3.63) is 11.7 Å². The molecule has 0 amide bonds. The molecular formula is C12H22ClN3O. The lowest BCUT2D eigenvalue weighted by atomic mass is 9.67. The maximum Gasteiger partial charge on any atom is 0.232 e. The van der Waals surface area contributed by atoms with Gasteiger partial charge in [0.2, 0.25) is 5.89 Å². The number of aromatic nitrogens is 2. The molecule has 98 valence electrons. The highest BCUT2D eigenvalue weighted by Gasteiger charge is 2.41. The predicted octanol–water partition coefficient (Wildman–Crippen LogP) is 2.47. The van der Waals surface area contributed by atoms with Gasteiger partial charge in [0.05, 0.1) is 0 Å². The van der Waals surface area contributed by atoms with Gasteiger partial charge in [0.1, 0.15) is 0 Å². The van der Waals surface area contributed by atoms with E-state index in [9.17, 15) is 0 Å². The molecule has 0 saturated heterocycles.